The lowest BCUT2D eigenvalue weighted by atomic mass is 9.99. The molecule has 0 aliphatic carbocycles. The van der Waals surface area contributed by atoms with Crippen LogP contribution in [0.15, 0.2) is 0 Å². The maximum Gasteiger partial charge on any atom is 0.400 e. The van der Waals surface area contributed by atoms with E-state index < -0.39 is 16.0 Å². The summed E-state index contributed by atoms with van der Waals surface area (Å²) >= 11 is 0. The first-order valence-corrected chi connectivity index (χ1v) is 10.7. The molecule has 0 unspecified atom stereocenters. The Balaban J connectivity index is 3.45. The molecule has 0 aliphatic heterocycles. The molecule has 0 aromatic carbocycles. The van der Waals surface area contributed by atoms with Crippen LogP contribution in [-0.2, 0) is 18.8 Å². The molecule has 0 rings (SSSR count). The average molecular weight is 351 g/mol. The Kier molecular flexibility index (Phi) is 13.1. The number of hydrogen-bond donors (Lipinski definition) is 0. The molecule has 0 N–H and O–H groups in total. The third-order valence-corrected chi connectivity index (χ3v) is 5.23. The minimum atomic E-state index is -3.84. The second-order valence-electron chi connectivity index (χ2n) is 7.06. The Labute approximate surface area is 144 Å². The van der Waals surface area contributed by atoms with Gasteiger partial charge in [-0.3, -0.25) is 4.18 Å². The van der Waals surface area contributed by atoms with Crippen molar-refractivity contribution in [3.05, 3.63) is 0 Å². The standard InChI is InChI=1S/C18H38O4S/c1-5-6-7-8-9-10-11-12-13-14-15-16-17-18(2,3)22-23(19,20)21-4/h5-17H2,1-4H3. The molecule has 4 nitrogen and oxygen atoms in total. The van der Waals surface area contributed by atoms with Gasteiger partial charge in [0.05, 0.1) is 12.7 Å². The fourth-order valence-electron chi connectivity index (χ4n) is 2.74. The van der Waals surface area contributed by atoms with Crippen LogP contribution >= 0.6 is 0 Å². The summed E-state index contributed by atoms with van der Waals surface area (Å²) in [5.74, 6) is 0. The smallest absolute Gasteiger partial charge is 0.252 e. The Hall–Kier alpha value is -0.130. The average Bonchev–Trinajstić information content (AvgIpc) is 2.47. The molecule has 140 valence electrons. The van der Waals surface area contributed by atoms with Gasteiger partial charge in [0, 0.05) is 0 Å². The molecule has 0 bridgehead atoms. The lowest BCUT2D eigenvalue weighted by Gasteiger charge is -2.23. The molecule has 0 atom stereocenters. The third-order valence-electron chi connectivity index (χ3n) is 4.16. The second-order valence-corrected chi connectivity index (χ2v) is 8.37. The van der Waals surface area contributed by atoms with E-state index in [0.29, 0.717) is 0 Å². The van der Waals surface area contributed by atoms with E-state index in [9.17, 15) is 8.42 Å². The predicted molar refractivity (Wildman–Crippen MR) is 96.8 cm³/mol. The fraction of sp³-hybridized carbons (Fsp3) is 1.00. The van der Waals surface area contributed by atoms with Crippen LogP contribution in [0.5, 0.6) is 0 Å². The molecule has 0 spiro atoms. The van der Waals surface area contributed by atoms with Crippen LogP contribution < -0.4 is 0 Å². The van der Waals surface area contributed by atoms with Crippen molar-refractivity contribution >= 4 is 10.4 Å². The van der Waals surface area contributed by atoms with Crippen LogP contribution in [0, 0.1) is 0 Å². The first-order valence-electron chi connectivity index (χ1n) is 9.34. The van der Waals surface area contributed by atoms with Gasteiger partial charge in [-0.2, -0.15) is 8.42 Å². The lowest BCUT2D eigenvalue weighted by molar-refractivity contribution is 0.0820. The van der Waals surface area contributed by atoms with E-state index in [1.165, 1.54) is 64.2 Å². The zero-order valence-electron chi connectivity index (χ0n) is 15.7. The van der Waals surface area contributed by atoms with Crippen LogP contribution in [0.2, 0.25) is 0 Å². The van der Waals surface area contributed by atoms with Crippen molar-refractivity contribution in [3.63, 3.8) is 0 Å². The zero-order chi connectivity index (χ0) is 17.6. The van der Waals surface area contributed by atoms with Gasteiger partial charge in [-0.05, 0) is 20.3 Å². The molecule has 0 amide bonds. The zero-order valence-corrected chi connectivity index (χ0v) is 16.6. The molecule has 0 aromatic heterocycles. The van der Waals surface area contributed by atoms with Crippen molar-refractivity contribution in [2.45, 2.75) is 110 Å². The summed E-state index contributed by atoms with van der Waals surface area (Å²) < 4.78 is 31.9. The summed E-state index contributed by atoms with van der Waals surface area (Å²) in [7, 11) is -2.72. The molecule has 0 aromatic rings. The van der Waals surface area contributed by atoms with Gasteiger partial charge in [0.15, 0.2) is 0 Å². The summed E-state index contributed by atoms with van der Waals surface area (Å²) in [6, 6.07) is 0. The van der Waals surface area contributed by atoms with Gasteiger partial charge in [-0.1, -0.05) is 84.0 Å². The van der Waals surface area contributed by atoms with Gasteiger partial charge in [0.2, 0.25) is 0 Å². The highest BCUT2D eigenvalue weighted by molar-refractivity contribution is 7.81. The van der Waals surface area contributed by atoms with Gasteiger partial charge in [-0.25, -0.2) is 4.18 Å². The Bertz CT molecular complexity index is 363. The molecular weight excluding hydrogens is 312 g/mol. The lowest BCUT2D eigenvalue weighted by Crippen LogP contribution is -2.28. The molecule has 0 fully saturated rings. The van der Waals surface area contributed by atoms with Gasteiger partial charge in [0.1, 0.15) is 0 Å². The highest BCUT2D eigenvalue weighted by Crippen LogP contribution is 2.22. The number of hydrogen-bond acceptors (Lipinski definition) is 4. The van der Waals surface area contributed by atoms with E-state index in [-0.39, 0.29) is 0 Å². The molecule has 0 radical (unpaired) electrons. The van der Waals surface area contributed by atoms with Crippen LogP contribution in [0.3, 0.4) is 0 Å². The maximum atomic E-state index is 11.3. The quantitative estimate of drug-likeness (QED) is 0.332. The minimum absolute atomic E-state index is 0.687. The Morgan fingerprint density at radius 2 is 1.13 bits per heavy atom. The van der Waals surface area contributed by atoms with E-state index in [0.717, 1.165) is 26.4 Å². The molecule has 0 aliphatic rings. The van der Waals surface area contributed by atoms with Crippen LogP contribution in [0.25, 0.3) is 0 Å². The van der Waals surface area contributed by atoms with Crippen molar-refractivity contribution in [1.29, 1.82) is 0 Å². The predicted octanol–water partition coefficient (Wildman–Crippen LogP) is 5.76. The number of unbranched alkanes of at least 4 members (excludes halogenated alkanes) is 11. The first-order chi connectivity index (χ1) is 10.8. The summed E-state index contributed by atoms with van der Waals surface area (Å²) in [6.45, 7) is 5.84. The SMILES string of the molecule is CCCCCCCCCCCCCCC(C)(C)OS(=O)(=O)OC. The third kappa shape index (κ3) is 15.2. The van der Waals surface area contributed by atoms with Gasteiger partial charge in [0.25, 0.3) is 0 Å². The normalized spacial score (nSPS) is 12.7. The van der Waals surface area contributed by atoms with Crippen molar-refractivity contribution in [3.8, 4) is 0 Å². The monoisotopic (exact) mass is 350 g/mol. The summed E-state index contributed by atoms with van der Waals surface area (Å²) in [6.07, 6.45) is 16.3. The molecular formula is C18H38O4S. The highest BCUT2D eigenvalue weighted by atomic mass is 32.3. The fourth-order valence-corrected chi connectivity index (χ4v) is 3.45. The van der Waals surface area contributed by atoms with E-state index in [1.54, 1.807) is 13.8 Å². The Morgan fingerprint density at radius 1 is 0.739 bits per heavy atom. The first kappa shape index (κ1) is 22.9. The molecule has 0 heterocycles. The second kappa shape index (κ2) is 13.2. The van der Waals surface area contributed by atoms with Crippen molar-refractivity contribution in [2.75, 3.05) is 7.11 Å². The number of rotatable bonds is 16. The largest absolute Gasteiger partial charge is 0.400 e. The molecule has 5 heteroatoms. The van der Waals surface area contributed by atoms with E-state index >= 15 is 0 Å². The summed E-state index contributed by atoms with van der Waals surface area (Å²) in [5, 5.41) is 0. The van der Waals surface area contributed by atoms with E-state index in [4.69, 9.17) is 4.18 Å². The topological polar surface area (TPSA) is 52.6 Å². The minimum Gasteiger partial charge on any atom is -0.252 e. The van der Waals surface area contributed by atoms with Crippen LogP contribution in [-0.4, -0.2) is 21.1 Å². The van der Waals surface area contributed by atoms with Gasteiger partial charge >= 0.3 is 10.4 Å². The maximum absolute atomic E-state index is 11.3. The van der Waals surface area contributed by atoms with Gasteiger partial charge < -0.3 is 0 Å². The van der Waals surface area contributed by atoms with Crippen molar-refractivity contribution in [2.24, 2.45) is 0 Å². The molecule has 0 saturated carbocycles. The van der Waals surface area contributed by atoms with Crippen molar-refractivity contribution < 1.29 is 16.8 Å². The Morgan fingerprint density at radius 3 is 1.52 bits per heavy atom. The van der Waals surface area contributed by atoms with Crippen LogP contribution in [0.1, 0.15) is 104 Å². The summed E-state index contributed by atoms with van der Waals surface area (Å²) in [4.78, 5) is 0. The van der Waals surface area contributed by atoms with Gasteiger partial charge in [-0.15, -0.1) is 0 Å². The highest BCUT2D eigenvalue weighted by Gasteiger charge is 2.26. The van der Waals surface area contributed by atoms with E-state index in [1.807, 2.05) is 0 Å². The van der Waals surface area contributed by atoms with Crippen LogP contribution in [0.4, 0.5) is 0 Å². The molecule has 23 heavy (non-hydrogen) atoms. The molecule has 0 saturated heterocycles. The van der Waals surface area contributed by atoms with Crippen molar-refractivity contribution in [1.82, 2.24) is 0 Å². The van der Waals surface area contributed by atoms with E-state index in [2.05, 4.69) is 11.1 Å². The summed E-state index contributed by atoms with van der Waals surface area (Å²) in [5.41, 5.74) is -0.687.